The quantitative estimate of drug-likeness (QED) is 0.771. The van der Waals surface area contributed by atoms with Gasteiger partial charge in [-0.3, -0.25) is 0 Å². The number of rotatable bonds is 2. The molecule has 3 aliphatic carbocycles. The van der Waals surface area contributed by atoms with Crippen molar-refractivity contribution in [1.29, 1.82) is 0 Å². The molecule has 4 rings (SSSR count). The molecule has 3 saturated carbocycles. The van der Waals surface area contributed by atoms with Gasteiger partial charge in [0.25, 0.3) is 0 Å². The van der Waals surface area contributed by atoms with Crippen molar-refractivity contribution in [1.82, 2.24) is 10.2 Å². The average Bonchev–Trinajstić information content (AvgIpc) is 3.04. The Morgan fingerprint density at radius 2 is 1.91 bits per heavy atom. The van der Waals surface area contributed by atoms with Crippen LogP contribution in [0.2, 0.25) is 0 Å². The first-order chi connectivity index (χ1) is 10.6. The van der Waals surface area contributed by atoms with Gasteiger partial charge in [-0.25, -0.2) is 4.79 Å². The van der Waals surface area contributed by atoms with Crippen molar-refractivity contribution < 1.29 is 9.90 Å². The molecule has 4 heteroatoms. The minimum atomic E-state index is -0.275. The van der Waals surface area contributed by atoms with Crippen LogP contribution in [0.25, 0.3) is 0 Å². The van der Waals surface area contributed by atoms with Crippen LogP contribution in [-0.4, -0.2) is 41.3 Å². The number of aliphatic hydroxyl groups excluding tert-OH is 1. The number of carbonyl (C=O) groups is 1. The minimum absolute atomic E-state index is 0.0737. The average molecular weight is 306 g/mol. The molecule has 4 aliphatic rings. The highest BCUT2D eigenvalue weighted by molar-refractivity contribution is 5.75. The molecule has 5 unspecified atom stereocenters. The Hall–Kier alpha value is -0.770. The van der Waals surface area contributed by atoms with Crippen LogP contribution in [-0.2, 0) is 0 Å². The third kappa shape index (κ3) is 2.34. The van der Waals surface area contributed by atoms with Gasteiger partial charge in [-0.2, -0.15) is 0 Å². The van der Waals surface area contributed by atoms with E-state index >= 15 is 0 Å². The first-order valence-corrected chi connectivity index (χ1v) is 9.30. The van der Waals surface area contributed by atoms with Gasteiger partial charge in [0.05, 0.1) is 12.1 Å². The second-order valence-electron chi connectivity index (χ2n) is 8.67. The van der Waals surface area contributed by atoms with Crippen LogP contribution >= 0.6 is 0 Å². The van der Waals surface area contributed by atoms with Crippen molar-refractivity contribution in [2.45, 2.75) is 70.4 Å². The van der Waals surface area contributed by atoms with Crippen LogP contribution in [0, 0.1) is 23.2 Å². The molecule has 0 aromatic rings. The van der Waals surface area contributed by atoms with Crippen molar-refractivity contribution >= 4 is 6.03 Å². The lowest BCUT2D eigenvalue weighted by molar-refractivity contribution is 0.0603. The number of nitrogens with one attached hydrogen (secondary N) is 1. The number of nitrogens with zero attached hydrogens (tertiary/aromatic N) is 1. The Kier molecular flexibility index (Phi) is 3.63. The van der Waals surface area contributed by atoms with Gasteiger partial charge in [0.2, 0.25) is 0 Å². The normalized spacial score (nSPS) is 42.5. The highest BCUT2D eigenvalue weighted by Crippen LogP contribution is 2.54. The summed E-state index contributed by atoms with van der Waals surface area (Å²) in [6.07, 6.45) is 9.72. The van der Waals surface area contributed by atoms with Crippen LogP contribution in [0.15, 0.2) is 0 Å². The van der Waals surface area contributed by atoms with Crippen molar-refractivity contribution in [3.63, 3.8) is 0 Å². The van der Waals surface area contributed by atoms with E-state index in [0.29, 0.717) is 17.8 Å². The van der Waals surface area contributed by atoms with Crippen LogP contribution in [0.3, 0.4) is 0 Å². The fourth-order valence-electron chi connectivity index (χ4n) is 5.80. The van der Waals surface area contributed by atoms with Crippen LogP contribution in [0.4, 0.5) is 4.79 Å². The van der Waals surface area contributed by atoms with Gasteiger partial charge in [0, 0.05) is 13.1 Å². The third-order valence-corrected chi connectivity index (χ3v) is 7.09. The smallest absolute Gasteiger partial charge is 0.317 e. The van der Waals surface area contributed by atoms with Gasteiger partial charge in [-0.15, -0.1) is 0 Å². The Labute approximate surface area is 133 Å². The summed E-state index contributed by atoms with van der Waals surface area (Å²) in [5, 5.41) is 13.6. The van der Waals surface area contributed by atoms with Gasteiger partial charge >= 0.3 is 6.03 Å². The molecular formula is C18H30N2O2. The van der Waals surface area contributed by atoms with Gasteiger partial charge in [-0.1, -0.05) is 32.6 Å². The van der Waals surface area contributed by atoms with E-state index in [4.69, 9.17) is 0 Å². The van der Waals surface area contributed by atoms with Crippen molar-refractivity contribution in [2.75, 3.05) is 13.1 Å². The monoisotopic (exact) mass is 306 g/mol. The molecule has 2 bridgehead atoms. The van der Waals surface area contributed by atoms with Gasteiger partial charge in [0.15, 0.2) is 0 Å². The number of aliphatic hydroxyl groups is 1. The van der Waals surface area contributed by atoms with Gasteiger partial charge in [0.1, 0.15) is 0 Å². The number of carbonyl (C=O) groups excluding carboxylic acids is 1. The molecule has 5 atom stereocenters. The summed E-state index contributed by atoms with van der Waals surface area (Å²) in [5.41, 5.74) is 0.266. The highest BCUT2D eigenvalue weighted by atomic mass is 16.3. The third-order valence-electron chi connectivity index (χ3n) is 7.09. The predicted octanol–water partition coefficient (Wildman–Crippen LogP) is 2.76. The number of likely N-dealkylation sites (tertiary alicyclic amines) is 1. The van der Waals surface area contributed by atoms with Crippen molar-refractivity contribution in [3.8, 4) is 0 Å². The summed E-state index contributed by atoms with van der Waals surface area (Å²) in [6.45, 7) is 3.99. The lowest BCUT2D eigenvalue weighted by Crippen LogP contribution is -2.49. The van der Waals surface area contributed by atoms with E-state index in [1.54, 1.807) is 0 Å². The maximum atomic E-state index is 12.7. The summed E-state index contributed by atoms with van der Waals surface area (Å²) < 4.78 is 0. The molecule has 0 aromatic heterocycles. The second kappa shape index (κ2) is 5.40. The van der Waals surface area contributed by atoms with Crippen LogP contribution in [0.5, 0.6) is 0 Å². The topological polar surface area (TPSA) is 52.6 Å². The molecule has 0 radical (unpaired) electrons. The second-order valence-corrected chi connectivity index (χ2v) is 8.67. The summed E-state index contributed by atoms with van der Waals surface area (Å²) in [7, 11) is 0. The largest absolute Gasteiger partial charge is 0.391 e. The maximum absolute atomic E-state index is 12.7. The molecule has 2 amide bonds. The van der Waals surface area contributed by atoms with Gasteiger partial charge < -0.3 is 15.3 Å². The van der Waals surface area contributed by atoms with Gasteiger partial charge in [-0.05, 0) is 48.9 Å². The molecule has 4 nitrogen and oxygen atoms in total. The molecule has 0 spiro atoms. The zero-order valence-electron chi connectivity index (χ0n) is 13.8. The fourth-order valence-corrected chi connectivity index (χ4v) is 5.80. The molecule has 1 saturated heterocycles. The SMILES string of the molecule is CC1(CNC(=O)N2CC3CC4CC3C2C4O)CCCCCC1. The maximum Gasteiger partial charge on any atom is 0.317 e. The fraction of sp³-hybridized carbons (Fsp3) is 0.944. The zero-order valence-corrected chi connectivity index (χ0v) is 13.8. The van der Waals surface area contributed by atoms with E-state index in [9.17, 15) is 9.90 Å². The predicted molar refractivity (Wildman–Crippen MR) is 85.4 cm³/mol. The van der Waals surface area contributed by atoms with Crippen LogP contribution < -0.4 is 5.32 Å². The Morgan fingerprint density at radius 1 is 1.18 bits per heavy atom. The van der Waals surface area contributed by atoms with Crippen molar-refractivity contribution in [3.05, 3.63) is 0 Å². The van der Waals surface area contributed by atoms with E-state index < -0.39 is 0 Å². The highest BCUT2D eigenvalue weighted by Gasteiger charge is 2.60. The summed E-state index contributed by atoms with van der Waals surface area (Å²) in [4.78, 5) is 14.6. The number of hydrogen-bond acceptors (Lipinski definition) is 2. The molecule has 4 fully saturated rings. The van der Waals surface area contributed by atoms with E-state index in [0.717, 1.165) is 25.9 Å². The Balaban J connectivity index is 1.37. The lowest BCUT2D eigenvalue weighted by atomic mass is 9.82. The standard InChI is InChI=1S/C18H30N2O2/c1-18(6-4-2-3-5-7-18)11-19-17(22)20-10-13-8-12-9-14(13)15(20)16(12)21/h12-16,21H,2-11H2,1H3,(H,19,22). The number of urea groups is 1. The number of amides is 2. The van der Waals surface area contributed by atoms with E-state index in [1.165, 1.54) is 38.5 Å². The molecule has 1 heterocycles. The Morgan fingerprint density at radius 3 is 2.59 bits per heavy atom. The zero-order chi connectivity index (χ0) is 15.3. The molecule has 124 valence electrons. The summed E-state index contributed by atoms with van der Waals surface area (Å²) in [5.74, 6) is 1.68. The molecule has 22 heavy (non-hydrogen) atoms. The van der Waals surface area contributed by atoms with E-state index in [-0.39, 0.29) is 23.6 Å². The van der Waals surface area contributed by atoms with Crippen LogP contribution in [0.1, 0.15) is 58.3 Å². The van der Waals surface area contributed by atoms with E-state index in [1.807, 2.05) is 4.90 Å². The van der Waals surface area contributed by atoms with E-state index in [2.05, 4.69) is 12.2 Å². The summed E-state index contributed by atoms with van der Waals surface area (Å²) in [6, 6.07) is 0.176. The molecule has 0 aromatic carbocycles. The number of hydrogen-bond donors (Lipinski definition) is 2. The molecule has 2 N–H and O–H groups in total. The minimum Gasteiger partial charge on any atom is -0.391 e. The first-order valence-electron chi connectivity index (χ1n) is 9.30. The molecular weight excluding hydrogens is 276 g/mol. The lowest BCUT2D eigenvalue weighted by Gasteiger charge is -2.32. The first kappa shape index (κ1) is 14.8. The van der Waals surface area contributed by atoms with Crippen molar-refractivity contribution in [2.24, 2.45) is 23.2 Å². The number of fused-ring (bicyclic) bond motifs is 1. The summed E-state index contributed by atoms with van der Waals surface area (Å²) >= 11 is 0. The Bertz CT molecular complexity index is 442. The molecule has 1 aliphatic heterocycles.